The maximum Gasteiger partial charge on any atom is 0.0640 e. The zero-order valence-corrected chi connectivity index (χ0v) is 12.7. The van der Waals surface area contributed by atoms with Crippen LogP contribution in [0.3, 0.4) is 0 Å². The topological polar surface area (TPSA) is 43.8 Å². The Labute approximate surface area is 117 Å². The van der Waals surface area contributed by atoms with Crippen LogP contribution in [0.2, 0.25) is 0 Å². The van der Waals surface area contributed by atoms with Crippen LogP contribution in [-0.4, -0.2) is 15.8 Å². The molecule has 1 fully saturated rings. The van der Waals surface area contributed by atoms with Gasteiger partial charge in [0.2, 0.25) is 0 Å². The third kappa shape index (κ3) is 3.59. The lowest BCUT2D eigenvalue weighted by Crippen LogP contribution is -2.31. The summed E-state index contributed by atoms with van der Waals surface area (Å²) in [6.45, 7) is 6.79. The molecular weight excluding hydrogens is 234 g/mol. The number of nitrogens with zero attached hydrogens (tertiary/aromatic N) is 2. The molecule has 1 aliphatic carbocycles. The number of nitrogens with two attached hydrogens (primary N) is 1. The van der Waals surface area contributed by atoms with Gasteiger partial charge in [0.05, 0.1) is 11.7 Å². The van der Waals surface area contributed by atoms with Crippen LogP contribution in [0.25, 0.3) is 0 Å². The molecule has 3 unspecified atom stereocenters. The molecule has 19 heavy (non-hydrogen) atoms. The predicted octanol–water partition coefficient (Wildman–Crippen LogP) is 3.55. The van der Waals surface area contributed by atoms with Crippen LogP contribution < -0.4 is 5.73 Å². The highest BCUT2D eigenvalue weighted by Gasteiger charge is 2.27. The van der Waals surface area contributed by atoms with E-state index >= 15 is 0 Å². The van der Waals surface area contributed by atoms with Gasteiger partial charge < -0.3 is 5.73 Å². The van der Waals surface area contributed by atoms with E-state index in [0.29, 0.717) is 12.0 Å². The molecule has 1 aromatic rings. The van der Waals surface area contributed by atoms with Crippen molar-refractivity contribution in [3.63, 3.8) is 0 Å². The number of aromatic nitrogens is 2. The summed E-state index contributed by atoms with van der Waals surface area (Å²) in [5.41, 5.74) is 7.54. The van der Waals surface area contributed by atoms with Crippen molar-refractivity contribution in [3.8, 4) is 0 Å². The molecule has 0 aliphatic heterocycles. The van der Waals surface area contributed by atoms with Crippen molar-refractivity contribution in [1.82, 2.24) is 9.78 Å². The van der Waals surface area contributed by atoms with Crippen LogP contribution in [0.15, 0.2) is 12.3 Å². The third-order valence-electron chi connectivity index (χ3n) is 4.77. The first-order valence-corrected chi connectivity index (χ1v) is 7.93. The molecule has 0 amide bonds. The van der Waals surface area contributed by atoms with Gasteiger partial charge in [-0.25, -0.2) is 0 Å². The quantitative estimate of drug-likeness (QED) is 0.853. The van der Waals surface area contributed by atoms with E-state index in [1.165, 1.54) is 25.0 Å². The zero-order valence-electron chi connectivity index (χ0n) is 12.7. The second-order valence-corrected chi connectivity index (χ2v) is 6.30. The Kier molecular flexibility index (Phi) is 5.03. The van der Waals surface area contributed by atoms with Crippen molar-refractivity contribution < 1.29 is 0 Å². The highest BCUT2D eigenvalue weighted by atomic mass is 15.3. The minimum Gasteiger partial charge on any atom is -0.327 e. The first kappa shape index (κ1) is 14.6. The summed E-state index contributed by atoms with van der Waals surface area (Å²) in [6, 6.07) is 2.97. The van der Waals surface area contributed by atoms with Crippen molar-refractivity contribution in [1.29, 1.82) is 0 Å². The normalized spacial score (nSPS) is 25.1. The lowest BCUT2D eigenvalue weighted by atomic mass is 9.94. The summed E-state index contributed by atoms with van der Waals surface area (Å²) >= 11 is 0. The van der Waals surface area contributed by atoms with Gasteiger partial charge in [0.1, 0.15) is 0 Å². The van der Waals surface area contributed by atoms with Crippen molar-refractivity contribution in [2.24, 2.45) is 17.6 Å². The van der Waals surface area contributed by atoms with Gasteiger partial charge in [-0.3, -0.25) is 4.68 Å². The smallest absolute Gasteiger partial charge is 0.0640 e. The molecule has 0 spiro atoms. The molecule has 1 saturated carbocycles. The van der Waals surface area contributed by atoms with Crippen LogP contribution in [0.4, 0.5) is 0 Å². The van der Waals surface area contributed by atoms with Crippen molar-refractivity contribution in [2.75, 3.05) is 0 Å². The fourth-order valence-corrected chi connectivity index (χ4v) is 3.40. The Bertz CT molecular complexity index is 381. The third-order valence-corrected chi connectivity index (χ3v) is 4.77. The molecule has 0 bridgehead atoms. The maximum atomic E-state index is 6.37. The minimum absolute atomic E-state index is 0.287. The van der Waals surface area contributed by atoms with E-state index in [1.54, 1.807) is 0 Å². The monoisotopic (exact) mass is 263 g/mol. The number of rotatable bonds is 6. The van der Waals surface area contributed by atoms with E-state index in [4.69, 9.17) is 10.8 Å². The highest BCUT2D eigenvalue weighted by molar-refractivity contribution is 5.03. The van der Waals surface area contributed by atoms with E-state index in [-0.39, 0.29) is 6.04 Å². The van der Waals surface area contributed by atoms with E-state index < -0.39 is 0 Å². The molecule has 2 N–H and O–H groups in total. The molecule has 2 rings (SSSR count). The van der Waals surface area contributed by atoms with Gasteiger partial charge in [-0.2, -0.15) is 5.10 Å². The Hall–Kier alpha value is -0.830. The molecule has 1 heterocycles. The Morgan fingerprint density at radius 1 is 1.37 bits per heavy atom. The molecule has 3 heteroatoms. The molecule has 1 aromatic heterocycles. The van der Waals surface area contributed by atoms with E-state index in [1.807, 2.05) is 0 Å². The first-order chi connectivity index (χ1) is 9.13. The van der Waals surface area contributed by atoms with Crippen LogP contribution in [0.5, 0.6) is 0 Å². The molecular formula is C16H29N3. The molecule has 1 aliphatic rings. The van der Waals surface area contributed by atoms with Crippen LogP contribution in [0.1, 0.15) is 64.6 Å². The first-order valence-electron chi connectivity index (χ1n) is 7.93. The van der Waals surface area contributed by atoms with Gasteiger partial charge in [-0.1, -0.05) is 27.2 Å². The SMILES string of the molecule is CCC(CC)n1ccc(CC(N)C2CCC(C)C2)n1. The lowest BCUT2D eigenvalue weighted by molar-refractivity contribution is 0.401. The van der Waals surface area contributed by atoms with E-state index in [9.17, 15) is 0 Å². The summed E-state index contributed by atoms with van der Waals surface area (Å²) in [4.78, 5) is 0. The van der Waals surface area contributed by atoms with Crippen LogP contribution in [-0.2, 0) is 6.42 Å². The molecule has 0 radical (unpaired) electrons. The van der Waals surface area contributed by atoms with Gasteiger partial charge in [0.15, 0.2) is 0 Å². The van der Waals surface area contributed by atoms with Gasteiger partial charge in [-0.15, -0.1) is 0 Å². The Morgan fingerprint density at radius 3 is 2.68 bits per heavy atom. The van der Waals surface area contributed by atoms with Gasteiger partial charge in [0.25, 0.3) is 0 Å². The molecule has 0 saturated heterocycles. The van der Waals surface area contributed by atoms with E-state index in [0.717, 1.165) is 25.2 Å². The Balaban J connectivity index is 1.92. The average molecular weight is 263 g/mol. The molecule has 0 aromatic carbocycles. The van der Waals surface area contributed by atoms with Gasteiger partial charge in [0, 0.05) is 18.7 Å². The summed E-state index contributed by atoms with van der Waals surface area (Å²) < 4.78 is 2.12. The van der Waals surface area contributed by atoms with Gasteiger partial charge >= 0.3 is 0 Å². The Morgan fingerprint density at radius 2 is 2.11 bits per heavy atom. The second-order valence-electron chi connectivity index (χ2n) is 6.30. The van der Waals surface area contributed by atoms with Crippen LogP contribution >= 0.6 is 0 Å². The fourth-order valence-electron chi connectivity index (χ4n) is 3.40. The summed E-state index contributed by atoms with van der Waals surface area (Å²) in [5.74, 6) is 1.56. The average Bonchev–Trinajstić information content (AvgIpc) is 3.00. The number of hydrogen-bond donors (Lipinski definition) is 1. The van der Waals surface area contributed by atoms with Crippen LogP contribution in [0, 0.1) is 11.8 Å². The zero-order chi connectivity index (χ0) is 13.8. The summed E-state index contributed by atoms with van der Waals surface area (Å²) in [6.07, 6.45) is 9.29. The fraction of sp³-hybridized carbons (Fsp3) is 0.812. The maximum absolute atomic E-state index is 6.37. The van der Waals surface area contributed by atoms with Crippen molar-refractivity contribution in [3.05, 3.63) is 18.0 Å². The van der Waals surface area contributed by atoms with Gasteiger partial charge in [-0.05, 0) is 43.6 Å². The second kappa shape index (κ2) is 6.56. The predicted molar refractivity (Wildman–Crippen MR) is 80.0 cm³/mol. The largest absolute Gasteiger partial charge is 0.327 e. The van der Waals surface area contributed by atoms with Crippen molar-refractivity contribution in [2.45, 2.75) is 71.4 Å². The summed E-state index contributed by atoms with van der Waals surface area (Å²) in [7, 11) is 0. The standard InChI is InChI=1S/C16H29N3/c1-4-15(5-2)19-9-8-14(18-19)11-16(17)13-7-6-12(3)10-13/h8-9,12-13,15-16H,4-7,10-11,17H2,1-3H3. The molecule has 108 valence electrons. The lowest BCUT2D eigenvalue weighted by Gasteiger charge is -2.18. The minimum atomic E-state index is 0.287. The van der Waals surface area contributed by atoms with E-state index in [2.05, 4.69) is 37.7 Å². The highest BCUT2D eigenvalue weighted by Crippen LogP contribution is 2.32. The van der Waals surface area contributed by atoms with Crippen molar-refractivity contribution >= 4 is 0 Å². The molecule has 3 nitrogen and oxygen atoms in total. The summed E-state index contributed by atoms with van der Waals surface area (Å²) in [5, 5.41) is 4.72. The molecule has 3 atom stereocenters. The number of hydrogen-bond acceptors (Lipinski definition) is 2.